The van der Waals surface area contributed by atoms with Crippen molar-refractivity contribution in [1.29, 1.82) is 0 Å². The number of ether oxygens (including phenoxy) is 4. The lowest BCUT2D eigenvalue weighted by atomic mass is 9.94. The van der Waals surface area contributed by atoms with Crippen LogP contribution in [-0.2, 0) is 30.3 Å². The second-order valence-corrected chi connectivity index (χ2v) is 8.84. The maximum atomic E-state index is 11.9. The average molecular weight is 463 g/mol. The van der Waals surface area contributed by atoms with Gasteiger partial charge in [-0.05, 0) is 45.8 Å². The minimum absolute atomic E-state index is 0.0953. The topological polar surface area (TPSA) is 91.3 Å². The molecule has 0 unspecified atom stereocenters. The van der Waals surface area contributed by atoms with Crippen LogP contribution >= 0.6 is 0 Å². The van der Waals surface area contributed by atoms with Gasteiger partial charge in [-0.3, -0.25) is 4.79 Å². The highest BCUT2D eigenvalue weighted by Gasteiger charge is 2.25. The Kier molecular flexibility index (Phi) is 12.5. The maximum absolute atomic E-state index is 11.9. The molecule has 3 atom stereocenters. The fourth-order valence-corrected chi connectivity index (χ4v) is 2.62. The van der Waals surface area contributed by atoms with Gasteiger partial charge in [0.25, 0.3) is 0 Å². The smallest absolute Gasteiger partial charge is 0.463 e. The summed E-state index contributed by atoms with van der Waals surface area (Å²) in [5, 5.41) is 10.3. The van der Waals surface area contributed by atoms with Crippen molar-refractivity contribution in [2.24, 2.45) is 11.3 Å². The van der Waals surface area contributed by atoms with Gasteiger partial charge in [0.1, 0.15) is 12.7 Å². The third-order valence-electron chi connectivity index (χ3n) is 4.85. The van der Waals surface area contributed by atoms with Crippen LogP contribution in [0.1, 0.15) is 46.6 Å². The number of carbonyl (C=O) groups is 2. The van der Waals surface area contributed by atoms with Gasteiger partial charge in [-0.2, -0.15) is 0 Å². The number of benzene rings is 1. The van der Waals surface area contributed by atoms with E-state index in [2.05, 4.69) is 6.58 Å². The second kappa shape index (κ2) is 14.5. The fourth-order valence-electron chi connectivity index (χ4n) is 2.62. The summed E-state index contributed by atoms with van der Waals surface area (Å²) in [6, 6.07) is 9.68. The first-order valence-electron chi connectivity index (χ1n) is 11.2. The van der Waals surface area contributed by atoms with Crippen molar-refractivity contribution in [2.75, 3.05) is 19.8 Å². The van der Waals surface area contributed by atoms with Crippen molar-refractivity contribution in [2.45, 2.75) is 59.9 Å². The summed E-state index contributed by atoms with van der Waals surface area (Å²) >= 11 is 0. The zero-order chi connectivity index (χ0) is 24.9. The molecule has 1 aromatic rings. The fraction of sp³-hybridized carbons (Fsp3) is 0.538. The van der Waals surface area contributed by atoms with E-state index in [-0.39, 0.29) is 31.7 Å². The summed E-state index contributed by atoms with van der Waals surface area (Å²) in [5.41, 5.74) is 1.14. The van der Waals surface area contributed by atoms with E-state index in [4.69, 9.17) is 18.9 Å². The van der Waals surface area contributed by atoms with E-state index in [1.165, 1.54) is 0 Å². The summed E-state index contributed by atoms with van der Waals surface area (Å²) in [5.74, 6) is -0.658. The predicted molar refractivity (Wildman–Crippen MR) is 126 cm³/mol. The number of carbonyl (C=O) groups excluding carboxylic acids is 2. The van der Waals surface area contributed by atoms with E-state index in [9.17, 15) is 14.7 Å². The first-order valence-corrected chi connectivity index (χ1v) is 11.2. The maximum Gasteiger partial charge on any atom is 0.508 e. The lowest BCUT2D eigenvalue weighted by molar-refractivity contribution is -0.156. The first kappa shape index (κ1) is 28.4. The summed E-state index contributed by atoms with van der Waals surface area (Å²) < 4.78 is 21.1. The summed E-state index contributed by atoms with van der Waals surface area (Å²) in [6.07, 6.45) is 1.71. The molecule has 0 aliphatic heterocycles. The lowest BCUT2D eigenvalue weighted by Gasteiger charge is -2.23. The van der Waals surface area contributed by atoms with Gasteiger partial charge in [0.15, 0.2) is 0 Å². The van der Waals surface area contributed by atoms with Crippen molar-refractivity contribution in [3.05, 3.63) is 60.2 Å². The zero-order valence-electron chi connectivity index (χ0n) is 20.4. The van der Waals surface area contributed by atoms with Crippen molar-refractivity contribution in [3.63, 3.8) is 0 Å². The SMILES string of the molecule is C=C(C/C=C/[C@@H](COCc1ccccc1)OC(=O)OCC)[C@H](C)[C@@H](O)COC(=O)C(C)(C)C. The first-order chi connectivity index (χ1) is 15.5. The molecule has 0 aliphatic carbocycles. The Balaban J connectivity index is 2.57. The molecule has 0 saturated carbocycles. The molecule has 0 saturated heterocycles. The third kappa shape index (κ3) is 11.7. The van der Waals surface area contributed by atoms with E-state index in [0.29, 0.717) is 13.0 Å². The summed E-state index contributed by atoms with van der Waals surface area (Å²) in [4.78, 5) is 23.6. The molecule has 0 fully saturated rings. The Morgan fingerprint density at radius 2 is 1.79 bits per heavy atom. The zero-order valence-corrected chi connectivity index (χ0v) is 20.4. The minimum atomic E-state index is -0.863. The standard InChI is InChI=1S/C26H38O7/c1-7-31-25(29)33-22(17-30-16-21-13-9-8-10-14-21)15-11-12-19(2)20(3)23(27)18-32-24(28)26(4,5)6/h8-11,13-15,20,22-23,27H,2,7,12,16-18H2,1,3-6H3/b15-11+/t20-,22-,23-/m0/s1. The number of allylic oxidation sites excluding steroid dienone is 1. The van der Waals surface area contributed by atoms with Gasteiger partial charge in [0.2, 0.25) is 0 Å². The van der Waals surface area contributed by atoms with E-state index in [0.717, 1.165) is 11.1 Å². The number of hydrogen-bond acceptors (Lipinski definition) is 7. The molecule has 1 N–H and O–H groups in total. The number of rotatable bonds is 13. The van der Waals surface area contributed by atoms with Crippen LogP contribution in [0.2, 0.25) is 0 Å². The number of aliphatic hydroxyl groups is 1. The highest BCUT2D eigenvalue weighted by Crippen LogP contribution is 2.20. The van der Waals surface area contributed by atoms with E-state index in [1.54, 1.807) is 33.8 Å². The molecule has 0 bridgehead atoms. The number of aliphatic hydroxyl groups excluding tert-OH is 1. The largest absolute Gasteiger partial charge is 0.508 e. The Morgan fingerprint density at radius 3 is 2.39 bits per heavy atom. The third-order valence-corrected chi connectivity index (χ3v) is 4.85. The molecule has 7 nitrogen and oxygen atoms in total. The highest BCUT2D eigenvalue weighted by molar-refractivity contribution is 5.75. The molecular formula is C26H38O7. The van der Waals surface area contributed by atoms with Crippen LogP contribution in [0, 0.1) is 11.3 Å². The molecule has 0 amide bonds. The Hall–Kier alpha value is -2.64. The monoisotopic (exact) mass is 462 g/mol. The molecule has 0 radical (unpaired) electrons. The van der Waals surface area contributed by atoms with Crippen LogP contribution in [-0.4, -0.2) is 49.3 Å². The number of esters is 1. The molecule has 0 heterocycles. The van der Waals surface area contributed by atoms with Gasteiger partial charge in [-0.15, -0.1) is 0 Å². The van der Waals surface area contributed by atoms with Crippen LogP contribution in [0.4, 0.5) is 4.79 Å². The Labute approximate surface area is 197 Å². The quantitative estimate of drug-likeness (QED) is 0.331. The normalized spacial score (nSPS) is 14.4. The molecule has 1 rings (SSSR count). The predicted octanol–water partition coefficient (Wildman–Crippen LogP) is 4.83. The van der Waals surface area contributed by atoms with Crippen LogP contribution < -0.4 is 0 Å². The van der Waals surface area contributed by atoms with Gasteiger partial charge in [-0.1, -0.05) is 55.5 Å². The molecule has 33 heavy (non-hydrogen) atoms. The molecule has 184 valence electrons. The van der Waals surface area contributed by atoms with Crippen LogP contribution in [0.3, 0.4) is 0 Å². The van der Waals surface area contributed by atoms with Crippen LogP contribution in [0.5, 0.6) is 0 Å². The van der Waals surface area contributed by atoms with E-state index >= 15 is 0 Å². The van der Waals surface area contributed by atoms with E-state index < -0.39 is 23.8 Å². The molecule has 1 aromatic carbocycles. The Bertz CT molecular complexity index is 765. The average Bonchev–Trinajstić information content (AvgIpc) is 2.76. The second-order valence-electron chi connectivity index (χ2n) is 8.84. The minimum Gasteiger partial charge on any atom is -0.463 e. The van der Waals surface area contributed by atoms with Gasteiger partial charge in [0.05, 0.1) is 31.3 Å². The van der Waals surface area contributed by atoms with Crippen LogP contribution in [0.25, 0.3) is 0 Å². The van der Waals surface area contributed by atoms with Gasteiger partial charge < -0.3 is 24.1 Å². The molecule has 0 aliphatic rings. The van der Waals surface area contributed by atoms with Crippen LogP contribution in [0.15, 0.2) is 54.6 Å². The summed E-state index contributed by atoms with van der Waals surface area (Å²) in [6.45, 7) is 13.5. The van der Waals surface area contributed by atoms with Crippen molar-refractivity contribution in [3.8, 4) is 0 Å². The number of hydrogen-bond donors (Lipinski definition) is 1. The van der Waals surface area contributed by atoms with Gasteiger partial charge in [-0.25, -0.2) is 4.79 Å². The summed E-state index contributed by atoms with van der Waals surface area (Å²) in [7, 11) is 0. The highest BCUT2D eigenvalue weighted by atomic mass is 16.7. The van der Waals surface area contributed by atoms with Crippen molar-refractivity contribution in [1.82, 2.24) is 0 Å². The molecular weight excluding hydrogens is 424 g/mol. The lowest BCUT2D eigenvalue weighted by Crippen LogP contribution is -2.30. The molecule has 0 spiro atoms. The molecule has 0 aromatic heterocycles. The van der Waals surface area contributed by atoms with Gasteiger partial charge >= 0.3 is 12.1 Å². The van der Waals surface area contributed by atoms with Crippen molar-refractivity contribution >= 4 is 12.1 Å². The Morgan fingerprint density at radius 1 is 1.12 bits per heavy atom. The van der Waals surface area contributed by atoms with Crippen molar-refractivity contribution < 1.29 is 33.6 Å². The molecule has 7 heteroatoms. The van der Waals surface area contributed by atoms with Gasteiger partial charge in [0, 0.05) is 5.92 Å². The van der Waals surface area contributed by atoms with E-state index in [1.807, 2.05) is 43.3 Å².